The van der Waals surface area contributed by atoms with Gasteiger partial charge < -0.3 is 15.0 Å². The van der Waals surface area contributed by atoms with Crippen LogP contribution >= 0.6 is 0 Å². The number of anilines is 1. The second kappa shape index (κ2) is 4.16. The molecule has 0 aliphatic carbocycles. The predicted molar refractivity (Wildman–Crippen MR) is 72.4 cm³/mol. The monoisotopic (exact) mass is 244 g/mol. The van der Waals surface area contributed by atoms with Gasteiger partial charge in [-0.1, -0.05) is 6.07 Å². The van der Waals surface area contributed by atoms with Gasteiger partial charge in [0.2, 0.25) is 0 Å². The van der Waals surface area contributed by atoms with E-state index in [1.54, 1.807) is 0 Å². The minimum absolute atomic E-state index is 0.695. The highest BCUT2D eigenvalue weighted by atomic mass is 16.5. The van der Waals surface area contributed by atoms with Crippen LogP contribution in [0.15, 0.2) is 18.2 Å². The molecule has 0 spiro atoms. The first-order valence-electron chi connectivity index (χ1n) is 7.15. The number of nitrogens with zero attached hydrogens (tertiary/aromatic N) is 1. The zero-order chi connectivity index (χ0) is 11.9. The molecule has 0 radical (unpaired) electrons. The number of fused-ring (bicyclic) bond motifs is 3. The van der Waals surface area contributed by atoms with Crippen LogP contribution < -0.4 is 15.0 Å². The van der Waals surface area contributed by atoms with Gasteiger partial charge in [-0.05, 0) is 37.3 Å². The third-order valence-electron chi connectivity index (χ3n) is 4.48. The van der Waals surface area contributed by atoms with Gasteiger partial charge in [-0.2, -0.15) is 0 Å². The number of hydrogen-bond acceptors (Lipinski definition) is 3. The van der Waals surface area contributed by atoms with E-state index in [1.807, 2.05) is 0 Å². The van der Waals surface area contributed by atoms with Gasteiger partial charge in [0, 0.05) is 36.9 Å². The fourth-order valence-corrected chi connectivity index (χ4v) is 3.53. The van der Waals surface area contributed by atoms with Gasteiger partial charge in [0.1, 0.15) is 5.75 Å². The number of piperazine rings is 1. The Bertz CT molecular complexity index is 448. The van der Waals surface area contributed by atoms with E-state index in [0.717, 1.165) is 31.9 Å². The molecule has 2 atom stereocenters. The minimum atomic E-state index is 0.695. The van der Waals surface area contributed by atoms with Crippen molar-refractivity contribution in [3.8, 4) is 5.75 Å². The van der Waals surface area contributed by atoms with Crippen LogP contribution in [-0.2, 0) is 6.42 Å². The lowest BCUT2D eigenvalue weighted by atomic mass is 10.1. The molecule has 2 bridgehead atoms. The van der Waals surface area contributed by atoms with Crippen molar-refractivity contribution in [2.24, 2.45) is 0 Å². The summed E-state index contributed by atoms with van der Waals surface area (Å²) in [5, 5.41) is 3.68. The Morgan fingerprint density at radius 1 is 1.17 bits per heavy atom. The number of benzene rings is 1. The molecule has 3 aliphatic heterocycles. The van der Waals surface area contributed by atoms with Crippen molar-refractivity contribution < 1.29 is 4.74 Å². The maximum absolute atomic E-state index is 5.78. The highest BCUT2D eigenvalue weighted by Gasteiger charge is 2.32. The predicted octanol–water partition coefficient (Wildman–Crippen LogP) is 1.95. The van der Waals surface area contributed by atoms with E-state index in [4.69, 9.17) is 4.74 Å². The van der Waals surface area contributed by atoms with Crippen molar-refractivity contribution in [3.63, 3.8) is 0 Å². The average molecular weight is 244 g/mol. The standard InChI is InChI=1S/C15H20N2O/c1-2-11-3-6-14(8-15(11)18-7-1)17-9-12-4-5-13(10-17)16-12/h3,6,8,12-13,16H,1-2,4-5,7,9-10H2. The minimum Gasteiger partial charge on any atom is -0.493 e. The van der Waals surface area contributed by atoms with Crippen LogP contribution in [0.3, 0.4) is 0 Å². The van der Waals surface area contributed by atoms with E-state index in [0.29, 0.717) is 12.1 Å². The van der Waals surface area contributed by atoms with Crippen LogP contribution in [0.5, 0.6) is 5.75 Å². The summed E-state index contributed by atoms with van der Waals surface area (Å²) < 4.78 is 5.78. The Balaban J connectivity index is 1.60. The largest absolute Gasteiger partial charge is 0.493 e. The molecule has 96 valence electrons. The fraction of sp³-hybridized carbons (Fsp3) is 0.600. The Kier molecular flexibility index (Phi) is 2.47. The molecule has 2 fully saturated rings. The number of hydrogen-bond donors (Lipinski definition) is 1. The van der Waals surface area contributed by atoms with Crippen molar-refractivity contribution in [3.05, 3.63) is 23.8 Å². The molecule has 3 nitrogen and oxygen atoms in total. The summed E-state index contributed by atoms with van der Waals surface area (Å²) in [7, 11) is 0. The first-order chi connectivity index (χ1) is 8.88. The van der Waals surface area contributed by atoms with Crippen LogP contribution in [0.1, 0.15) is 24.8 Å². The summed E-state index contributed by atoms with van der Waals surface area (Å²) in [5.74, 6) is 1.12. The van der Waals surface area contributed by atoms with Crippen molar-refractivity contribution in [2.45, 2.75) is 37.8 Å². The average Bonchev–Trinajstić information content (AvgIpc) is 2.77. The lowest BCUT2D eigenvalue weighted by molar-refractivity contribution is 0.288. The highest BCUT2D eigenvalue weighted by molar-refractivity contribution is 5.55. The molecule has 4 rings (SSSR count). The molecule has 3 aliphatic rings. The fourth-order valence-electron chi connectivity index (χ4n) is 3.53. The molecule has 0 aromatic heterocycles. The molecular formula is C15H20N2O. The van der Waals surface area contributed by atoms with E-state index in [9.17, 15) is 0 Å². The van der Waals surface area contributed by atoms with E-state index < -0.39 is 0 Å². The van der Waals surface area contributed by atoms with Gasteiger partial charge >= 0.3 is 0 Å². The molecule has 3 heteroatoms. The molecule has 18 heavy (non-hydrogen) atoms. The van der Waals surface area contributed by atoms with Crippen LogP contribution in [0, 0.1) is 0 Å². The van der Waals surface area contributed by atoms with Crippen LogP contribution in [0.4, 0.5) is 5.69 Å². The van der Waals surface area contributed by atoms with Crippen molar-refractivity contribution in [1.29, 1.82) is 0 Å². The Hall–Kier alpha value is -1.22. The van der Waals surface area contributed by atoms with Gasteiger partial charge in [-0.15, -0.1) is 0 Å². The van der Waals surface area contributed by atoms with Crippen LogP contribution in [-0.4, -0.2) is 31.8 Å². The molecule has 2 saturated heterocycles. The van der Waals surface area contributed by atoms with E-state index in [1.165, 1.54) is 30.5 Å². The number of aryl methyl sites for hydroxylation is 1. The zero-order valence-electron chi connectivity index (χ0n) is 10.7. The SMILES string of the molecule is c1cc2c(cc1N1CC3CCC(C1)N3)OCCC2. The lowest BCUT2D eigenvalue weighted by Crippen LogP contribution is -2.51. The highest BCUT2D eigenvalue weighted by Crippen LogP contribution is 2.32. The Morgan fingerprint density at radius 3 is 2.83 bits per heavy atom. The molecular weight excluding hydrogens is 224 g/mol. The second-order valence-electron chi connectivity index (χ2n) is 5.79. The van der Waals surface area contributed by atoms with E-state index >= 15 is 0 Å². The second-order valence-corrected chi connectivity index (χ2v) is 5.79. The number of ether oxygens (including phenoxy) is 1. The summed E-state index contributed by atoms with van der Waals surface area (Å²) in [5.41, 5.74) is 2.72. The maximum Gasteiger partial charge on any atom is 0.124 e. The van der Waals surface area contributed by atoms with Crippen LogP contribution in [0.2, 0.25) is 0 Å². The summed E-state index contributed by atoms with van der Waals surface area (Å²) in [6.45, 7) is 3.17. The van der Waals surface area contributed by atoms with E-state index in [-0.39, 0.29) is 0 Å². The molecule has 3 heterocycles. The smallest absolute Gasteiger partial charge is 0.124 e. The van der Waals surface area contributed by atoms with Crippen molar-refractivity contribution >= 4 is 5.69 Å². The third-order valence-corrected chi connectivity index (χ3v) is 4.48. The molecule has 1 N–H and O–H groups in total. The van der Waals surface area contributed by atoms with E-state index in [2.05, 4.69) is 28.4 Å². The first kappa shape index (κ1) is 10.7. The summed E-state index contributed by atoms with van der Waals surface area (Å²) in [6, 6.07) is 8.17. The quantitative estimate of drug-likeness (QED) is 0.817. The van der Waals surface area contributed by atoms with Gasteiger partial charge in [0.15, 0.2) is 0 Å². The van der Waals surface area contributed by atoms with Gasteiger partial charge in [0.25, 0.3) is 0 Å². The Morgan fingerprint density at radius 2 is 2.00 bits per heavy atom. The van der Waals surface area contributed by atoms with Gasteiger partial charge in [-0.25, -0.2) is 0 Å². The molecule has 0 amide bonds. The molecule has 2 unspecified atom stereocenters. The normalized spacial score (nSPS) is 29.9. The first-order valence-corrected chi connectivity index (χ1v) is 7.15. The molecule has 1 aromatic carbocycles. The van der Waals surface area contributed by atoms with Gasteiger partial charge in [0.05, 0.1) is 6.61 Å². The third kappa shape index (κ3) is 1.77. The molecule has 0 saturated carbocycles. The lowest BCUT2D eigenvalue weighted by Gasteiger charge is -2.35. The summed E-state index contributed by atoms with van der Waals surface area (Å²) in [6.07, 6.45) is 5.00. The molecule has 1 aromatic rings. The topological polar surface area (TPSA) is 24.5 Å². The maximum atomic E-state index is 5.78. The summed E-state index contributed by atoms with van der Waals surface area (Å²) in [4.78, 5) is 2.52. The Labute approximate surface area is 108 Å². The van der Waals surface area contributed by atoms with Crippen LogP contribution in [0.25, 0.3) is 0 Å². The summed E-state index contributed by atoms with van der Waals surface area (Å²) >= 11 is 0. The number of rotatable bonds is 1. The van der Waals surface area contributed by atoms with Crippen molar-refractivity contribution in [2.75, 3.05) is 24.6 Å². The van der Waals surface area contributed by atoms with Crippen molar-refractivity contribution in [1.82, 2.24) is 5.32 Å². The zero-order valence-corrected chi connectivity index (χ0v) is 10.7. The number of nitrogens with one attached hydrogen (secondary N) is 1. The van der Waals surface area contributed by atoms with Gasteiger partial charge in [-0.3, -0.25) is 0 Å².